The SMILES string of the molecule is CC(C(=O)Cc1ccc(C(=O)OC(C)(C)C)cc1)n1cc(C#N)c(-c2cc(Cl)ccc2C#N)cc1=O. The number of hydrogen-bond acceptors (Lipinski definition) is 6. The molecule has 0 aliphatic carbocycles. The Balaban J connectivity index is 1.85. The van der Waals surface area contributed by atoms with Crippen LogP contribution in [0.2, 0.25) is 5.02 Å². The topological polar surface area (TPSA) is 113 Å². The minimum atomic E-state index is -0.848. The smallest absolute Gasteiger partial charge is 0.338 e. The van der Waals surface area contributed by atoms with Crippen molar-refractivity contribution in [2.24, 2.45) is 0 Å². The second-order valence-corrected chi connectivity index (χ2v) is 9.71. The predicted molar refractivity (Wildman–Crippen MR) is 136 cm³/mol. The minimum absolute atomic E-state index is 0.0265. The van der Waals surface area contributed by atoms with E-state index >= 15 is 0 Å². The van der Waals surface area contributed by atoms with Gasteiger partial charge in [-0.15, -0.1) is 0 Å². The molecule has 0 spiro atoms. The Morgan fingerprint density at radius 1 is 1.00 bits per heavy atom. The fraction of sp³-hybridized carbons (Fsp3) is 0.250. The van der Waals surface area contributed by atoms with Crippen LogP contribution in [-0.2, 0) is 16.0 Å². The zero-order valence-electron chi connectivity index (χ0n) is 20.3. The average Bonchev–Trinajstić information content (AvgIpc) is 2.82. The third-order valence-corrected chi connectivity index (χ3v) is 5.68. The third kappa shape index (κ3) is 6.07. The van der Waals surface area contributed by atoms with E-state index in [4.69, 9.17) is 16.3 Å². The number of Topliss-reactive ketones (excluding diaryl/α,β-unsaturated/α-hetero) is 1. The molecule has 3 aromatic rings. The highest BCUT2D eigenvalue weighted by atomic mass is 35.5. The van der Waals surface area contributed by atoms with Crippen molar-refractivity contribution in [1.29, 1.82) is 10.5 Å². The first-order valence-electron chi connectivity index (χ1n) is 11.1. The maximum atomic E-state index is 13.0. The Hall–Kier alpha value is -4.20. The molecular formula is C28H24ClN3O4. The Morgan fingerprint density at radius 3 is 2.19 bits per heavy atom. The van der Waals surface area contributed by atoms with Gasteiger partial charge in [-0.05, 0) is 63.6 Å². The third-order valence-electron chi connectivity index (χ3n) is 5.44. The molecule has 0 aliphatic rings. The van der Waals surface area contributed by atoms with Crippen LogP contribution in [0.5, 0.6) is 0 Å². The van der Waals surface area contributed by atoms with Gasteiger partial charge in [0.05, 0.1) is 28.8 Å². The van der Waals surface area contributed by atoms with Crippen molar-refractivity contribution in [1.82, 2.24) is 4.57 Å². The quantitative estimate of drug-likeness (QED) is 0.427. The van der Waals surface area contributed by atoms with Crippen LogP contribution in [0.3, 0.4) is 0 Å². The normalized spacial score (nSPS) is 11.8. The first-order chi connectivity index (χ1) is 16.9. The van der Waals surface area contributed by atoms with E-state index in [0.29, 0.717) is 21.7 Å². The number of carbonyl (C=O) groups excluding carboxylic acids is 2. The summed E-state index contributed by atoms with van der Waals surface area (Å²) >= 11 is 6.07. The molecule has 182 valence electrons. The summed E-state index contributed by atoms with van der Waals surface area (Å²) in [6, 6.07) is 15.6. The molecule has 0 aliphatic heterocycles. The summed E-state index contributed by atoms with van der Waals surface area (Å²) in [7, 11) is 0. The lowest BCUT2D eigenvalue weighted by atomic mass is 9.97. The number of pyridine rings is 1. The number of aromatic nitrogens is 1. The molecule has 0 fully saturated rings. The maximum absolute atomic E-state index is 13.0. The van der Waals surface area contributed by atoms with E-state index in [1.54, 1.807) is 58.0 Å². The molecular weight excluding hydrogens is 478 g/mol. The Bertz CT molecular complexity index is 1470. The van der Waals surface area contributed by atoms with Gasteiger partial charge in [-0.3, -0.25) is 9.59 Å². The largest absolute Gasteiger partial charge is 0.456 e. The number of ketones is 1. The van der Waals surface area contributed by atoms with Gasteiger partial charge in [0.15, 0.2) is 5.78 Å². The van der Waals surface area contributed by atoms with E-state index in [9.17, 15) is 24.9 Å². The lowest BCUT2D eigenvalue weighted by molar-refractivity contribution is -0.121. The van der Waals surface area contributed by atoms with E-state index in [0.717, 1.165) is 0 Å². The molecule has 2 aromatic carbocycles. The molecule has 0 bridgehead atoms. The number of halogens is 1. The van der Waals surface area contributed by atoms with Gasteiger partial charge in [-0.25, -0.2) is 4.79 Å². The van der Waals surface area contributed by atoms with E-state index in [1.807, 2.05) is 12.1 Å². The molecule has 0 radical (unpaired) electrons. The Kier molecular flexibility index (Phi) is 7.77. The lowest BCUT2D eigenvalue weighted by Gasteiger charge is -2.19. The van der Waals surface area contributed by atoms with Gasteiger partial charge < -0.3 is 9.30 Å². The first kappa shape index (κ1) is 26.4. The van der Waals surface area contributed by atoms with Crippen LogP contribution in [0.1, 0.15) is 60.8 Å². The maximum Gasteiger partial charge on any atom is 0.338 e. The molecule has 1 atom stereocenters. The van der Waals surface area contributed by atoms with Crippen molar-refractivity contribution in [3.63, 3.8) is 0 Å². The van der Waals surface area contributed by atoms with Gasteiger partial charge in [0.1, 0.15) is 11.7 Å². The molecule has 1 unspecified atom stereocenters. The van der Waals surface area contributed by atoms with Crippen LogP contribution in [0.25, 0.3) is 11.1 Å². The summed E-state index contributed by atoms with van der Waals surface area (Å²) in [5, 5.41) is 19.5. The molecule has 36 heavy (non-hydrogen) atoms. The number of esters is 1. The van der Waals surface area contributed by atoms with E-state index in [2.05, 4.69) is 0 Å². The van der Waals surface area contributed by atoms with Gasteiger partial charge in [0, 0.05) is 34.8 Å². The van der Waals surface area contributed by atoms with Gasteiger partial charge in [-0.1, -0.05) is 23.7 Å². The number of carbonyl (C=O) groups is 2. The minimum Gasteiger partial charge on any atom is -0.456 e. The number of rotatable bonds is 6. The summed E-state index contributed by atoms with van der Waals surface area (Å²) in [4.78, 5) is 38.1. The monoisotopic (exact) mass is 501 g/mol. The van der Waals surface area contributed by atoms with Crippen molar-refractivity contribution < 1.29 is 14.3 Å². The van der Waals surface area contributed by atoms with E-state index in [1.165, 1.54) is 29.0 Å². The van der Waals surface area contributed by atoms with Crippen molar-refractivity contribution >= 4 is 23.4 Å². The molecule has 8 heteroatoms. The second kappa shape index (κ2) is 10.6. The van der Waals surface area contributed by atoms with E-state index in [-0.39, 0.29) is 28.9 Å². The summed E-state index contributed by atoms with van der Waals surface area (Å²) in [6.07, 6.45) is 1.35. The number of nitrogens with zero attached hydrogens (tertiary/aromatic N) is 3. The van der Waals surface area contributed by atoms with E-state index < -0.39 is 23.2 Å². The van der Waals surface area contributed by atoms with Crippen LogP contribution in [0.4, 0.5) is 0 Å². The van der Waals surface area contributed by atoms with Gasteiger partial charge in [0.2, 0.25) is 0 Å². The zero-order valence-corrected chi connectivity index (χ0v) is 21.1. The Labute approximate surface area is 214 Å². The first-order valence-corrected chi connectivity index (χ1v) is 11.5. The highest BCUT2D eigenvalue weighted by Gasteiger charge is 2.21. The molecule has 7 nitrogen and oxygen atoms in total. The van der Waals surface area contributed by atoms with Crippen LogP contribution in [-0.4, -0.2) is 21.9 Å². The average molecular weight is 502 g/mol. The van der Waals surface area contributed by atoms with Crippen molar-refractivity contribution in [3.05, 3.63) is 92.4 Å². The zero-order chi connectivity index (χ0) is 26.6. The molecule has 0 saturated heterocycles. The number of benzene rings is 2. The molecule has 0 amide bonds. The molecule has 0 N–H and O–H groups in total. The van der Waals surface area contributed by atoms with Gasteiger partial charge >= 0.3 is 5.97 Å². The summed E-state index contributed by atoms with van der Waals surface area (Å²) < 4.78 is 6.55. The van der Waals surface area contributed by atoms with Crippen molar-refractivity contribution in [2.45, 2.75) is 45.8 Å². The van der Waals surface area contributed by atoms with Gasteiger partial charge in [-0.2, -0.15) is 10.5 Å². The summed E-state index contributed by atoms with van der Waals surface area (Å²) in [5.74, 6) is -0.706. The van der Waals surface area contributed by atoms with Crippen LogP contribution in [0.15, 0.2) is 59.5 Å². The molecule has 1 aromatic heterocycles. The van der Waals surface area contributed by atoms with Crippen LogP contribution < -0.4 is 5.56 Å². The van der Waals surface area contributed by atoms with Crippen molar-refractivity contribution in [3.8, 4) is 23.3 Å². The predicted octanol–water partition coefficient (Wildman–Crippen LogP) is 5.24. The fourth-order valence-electron chi connectivity index (χ4n) is 3.60. The fourth-order valence-corrected chi connectivity index (χ4v) is 3.77. The number of nitriles is 2. The highest BCUT2D eigenvalue weighted by molar-refractivity contribution is 6.31. The molecule has 0 saturated carbocycles. The second-order valence-electron chi connectivity index (χ2n) is 9.28. The Morgan fingerprint density at radius 2 is 1.61 bits per heavy atom. The number of hydrogen-bond donors (Lipinski definition) is 0. The molecule has 1 heterocycles. The summed E-state index contributed by atoms with van der Waals surface area (Å²) in [6.45, 7) is 6.93. The van der Waals surface area contributed by atoms with Gasteiger partial charge in [0.25, 0.3) is 5.56 Å². The highest BCUT2D eigenvalue weighted by Crippen LogP contribution is 2.29. The van der Waals surface area contributed by atoms with Crippen molar-refractivity contribution in [2.75, 3.05) is 0 Å². The van der Waals surface area contributed by atoms with Crippen LogP contribution in [0, 0.1) is 22.7 Å². The summed E-state index contributed by atoms with van der Waals surface area (Å²) in [5.41, 5.74) is 0.981. The van der Waals surface area contributed by atoms with Crippen LogP contribution >= 0.6 is 11.6 Å². The number of ether oxygens (including phenoxy) is 1. The molecule has 3 rings (SSSR count). The lowest BCUT2D eigenvalue weighted by Crippen LogP contribution is -2.29. The standard InChI is InChI=1S/C28H24ClN3O4/c1-17(25(33)11-18-5-7-19(8-6-18)27(35)36-28(2,3)4)32-16-21(15-31)24(13-26(32)34)23-12-22(29)10-9-20(23)14-30/h5-10,12-13,16-17H,11H2,1-4H3.